The summed E-state index contributed by atoms with van der Waals surface area (Å²) in [6, 6.07) is 12.2. The second kappa shape index (κ2) is 10.7. The minimum absolute atomic E-state index is 0.114. The zero-order valence-electron chi connectivity index (χ0n) is 18.4. The normalized spacial score (nSPS) is 14.1. The molecule has 2 aromatic rings. The Morgan fingerprint density at radius 2 is 1.84 bits per heavy atom. The first kappa shape index (κ1) is 23.2. The van der Waals surface area contributed by atoms with E-state index in [0.717, 1.165) is 11.1 Å². The third-order valence-corrected chi connectivity index (χ3v) is 5.66. The van der Waals surface area contributed by atoms with E-state index in [-0.39, 0.29) is 29.6 Å². The summed E-state index contributed by atoms with van der Waals surface area (Å²) < 4.78 is 5.00. The molecule has 2 amide bonds. The number of nitro benzene ring substituents is 1. The number of hydrogen-bond donors (Lipinski definition) is 1. The fourth-order valence-corrected chi connectivity index (χ4v) is 3.67. The van der Waals surface area contributed by atoms with Gasteiger partial charge in [0.15, 0.2) is 0 Å². The second-order valence-electron chi connectivity index (χ2n) is 7.76. The minimum Gasteiger partial charge on any atom is -0.496 e. The van der Waals surface area contributed by atoms with Gasteiger partial charge in [0.2, 0.25) is 11.8 Å². The topological polar surface area (TPSA) is 105 Å². The van der Waals surface area contributed by atoms with Crippen molar-refractivity contribution >= 4 is 23.2 Å². The summed E-state index contributed by atoms with van der Waals surface area (Å²) in [5.41, 5.74) is 2.10. The molecule has 1 aliphatic heterocycles. The second-order valence-corrected chi connectivity index (χ2v) is 7.76. The lowest BCUT2D eigenvalue weighted by molar-refractivity contribution is -0.384. The van der Waals surface area contributed by atoms with Crippen molar-refractivity contribution in [2.75, 3.05) is 45.2 Å². The van der Waals surface area contributed by atoms with Crippen molar-refractivity contribution in [1.29, 1.82) is 0 Å². The van der Waals surface area contributed by atoms with Crippen LogP contribution in [-0.4, -0.2) is 66.4 Å². The molecule has 1 aliphatic rings. The Hall–Kier alpha value is -3.46. The van der Waals surface area contributed by atoms with Crippen LogP contribution in [-0.2, 0) is 16.0 Å². The summed E-state index contributed by atoms with van der Waals surface area (Å²) >= 11 is 0. The Labute approximate surface area is 187 Å². The zero-order chi connectivity index (χ0) is 23.1. The smallest absolute Gasteiger partial charge is 0.296 e. The monoisotopic (exact) mass is 440 g/mol. The number of benzene rings is 2. The molecule has 0 aliphatic carbocycles. The van der Waals surface area contributed by atoms with Crippen molar-refractivity contribution in [2.45, 2.75) is 19.8 Å². The number of rotatable bonds is 8. The third-order valence-electron chi connectivity index (χ3n) is 5.66. The van der Waals surface area contributed by atoms with E-state index in [9.17, 15) is 19.7 Å². The molecule has 3 rings (SSSR count). The van der Waals surface area contributed by atoms with Gasteiger partial charge in [-0.05, 0) is 30.2 Å². The number of ether oxygens (including phenoxy) is 1. The fourth-order valence-electron chi connectivity index (χ4n) is 3.67. The maximum atomic E-state index is 12.6. The van der Waals surface area contributed by atoms with Crippen molar-refractivity contribution in [1.82, 2.24) is 9.80 Å². The summed E-state index contributed by atoms with van der Waals surface area (Å²) in [6.07, 6.45) is 0.607. The predicted octanol–water partition coefficient (Wildman–Crippen LogP) is 2.63. The van der Waals surface area contributed by atoms with Gasteiger partial charge >= 0.3 is 0 Å². The molecule has 0 spiro atoms. The molecule has 170 valence electrons. The number of carbonyl (C=O) groups excluding carboxylic acids is 2. The van der Waals surface area contributed by atoms with Crippen LogP contribution in [0.5, 0.6) is 5.75 Å². The molecule has 0 bridgehead atoms. The lowest BCUT2D eigenvalue weighted by Gasteiger charge is -2.34. The van der Waals surface area contributed by atoms with Crippen molar-refractivity contribution < 1.29 is 19.2 Å². The molecular formula is C23H28N4O5. The fraction of sp³-hybridized carbons (Fsp3) is 0.391. The maximum absolute atomic E-state index is 12.6. The molecule has 0 aromatic heterocycles. The molecule has 32 heavy (non-hydrogen) atoms. The van der Waals surface area contributed by atoms with Crippen molar-refractivity contribution in [2.24, 2.45) is 0 Å². The minimum atomic E-state index is -0.550. The molecule has 0 unspecified atom stereocenters. The van der Waals surface area contributed by atoms with Gasteiger partial charge in [-0.3, -0.25) is 24.6 Å². The lowest BCUT2D eigenvalue weighted by Crippen LogP contribution is -2.49. The van der Waals surface area contributed by atoms with Crippen molar-refractivity contribution in [3.63, 3.8) is 0 Å². The van der Waals surface area contributed by atoms with Gasteiger partial charge in [-0.1, -0.05) is 24.3 Å². The Morgan fingerprint density at radius 3 is 2.50 bits per heavy atom. The van der Waals surface area contributed by atoms with Crippen LogP contribution in [0.25, 0.3) is 0 Å². The van der Waals surface area contributed by atoms with Gasteiger partial charge < -0.3 is 15.0 Å². The van der Waals surface area contributed by atoms with Gasteiger partial charge in [-0.25, -0.2) is 0 Å². The number of aryl methyl sites for hydroxylation is 1. The Balaban J connectivity index is 1.45. The van der Waals surface area contributed by atoms with Gasteiger partial charge in [0.1, 0.15) is 11.4 Å². The van der Waals surface area contributed by atoms with Crippen LogP contribution < -0.4 is 10.1 Å². The summed E-state index contributed by atoms with van der Waals surface area (Å²) in [7, 11) is 1.42. The highest BCUT2D eigenvalue weighted by Gasteiger charge is 2.22. The largest absolute Gasteiger partial charge is 0.496 e. The van der Waals surface area contributed by atoms with Gasteiger partial charge in [0, 0.05) is 39.1 Å². The highest BCUT2D eigenvalue weighted by Crippen LogP contribution is 2.29. The van der Waals surface area contributed by atoms with E-state index < -0.39 is 4.92 Å². The summed E-state index contributed by atoms with van der Waals surface area (Å²) in [5, 5.41) is 13.9. The lowest BCUT2D eigenvalue weighted by atomic mass is 10.1. The first-order chi connectivity index (χ1) is 15.4. The van der Waals surface area contributed by atoms with Crippen LogP contribution in [0.2, 0.25) is 0 Å². The first-order valence-corrected chi connectivity index (χ1v) is 10.5. The zero-order valence-corrected chi connectivity index (χ0v) is 18.4. The molecule has 1 fully saturated rings. The number of carbonyl (C=O) groups is 2. The highest BCUT2D eigenvalue weighted by molar-refractivity contribution is 5.93. The first-order valence-electron chi connectivity index (χ1n) is 10.5. The molecule has 2 aromatic carbocycles. The molecule has 9 nitrogen and oxygen atoms in total. The number of amides is 2. The number of nitrogens with one attached hydrogen (secondary N) is 1. The van der Waals surface area contributed by atoms with Crippen LogP contribution in [0.3, 0.4) is 0 Å². The summed E-state index contributed by atoms with van der Waals surface area (Å²) in [6.45, 7) is 5.15. The van der Waals surface area contributed by atoms with E-state index in [4.69, 9.17) is 4.74 Å². The Kier molecular flexibility index (Phi) is 7.77. The number of anilines is 1. The van der Waals surface area contributed by atoms with E-state index >= 15 is 0 Å². The van der Waals surface area contributed by atoms with Gasteiger partial charge in [-0.15, -0.1) is 0 Å². The standard InChI is InChI=1S/C23H28N4O5/c1-17-5-3-4-6-18(17)15-23(29)26-13-11-25(12-14-26)10-9-22(28)24-20-8-7-19(32-2)16-21(20)27(30)31/h3-8,16H,9-15H2,1-2H3,(H,24,28). The Morgan fingerprint density at radius 1 is 1.12 bits per heavy atom. The molecular weight excluding hydrogens is 412 g/mol. The molecule has 0 saturated carbocycles. The SMILES string of the molecule is COc1ccc(NC(=O)CCN2CCN(C(=O)Cc3ccccc3C)CC2)c([N+](=O)[O-])c1. The van der Waals surface area contributed by atoms with Crippen LogP contribution in [0.15, 0.2) is 42.5 Å². The number of hydrogen-bond acceptors (Lipinski definition) is 6. The van der Waals surface area contributed by atoms with Crippen LogP contribution >= 0.6 is 0 Å². The molecule has 9 heteroatoms. The van der Waals surface area contributed by atoms with Gasteiger partial charge in [0.25, 0.3) is 5.69 Å². The average molecular weight is 441 g/mol. The van der Waals surface area contributed by atoms with Gasteiger partial charge in [-0.2, -0.15) is 0 Å². The van der Waals surface area contributed by atoms with E-state index in [0.29, 0.717) is 44.9 Å². The molecule has 0 radical (unpaired) electrons. The quantitative estimate of drug-likeness (QED) is 0.500. The van der Waals surface area contributed by atoms with Crippen LogP contribution in [0, 0.1) is 17.0 Å². The van der Waals surface area contributed by atoms with Gasteiger partial charge in [0.05, 0.1) is 24.5 Å². The van der Waals surface area contributed by atoms with Crippen molar-refractivity contribution in [3.8, 4) is 5.75 Å². The molecule has 0 atom stereocenters. The predicted molar refractivity (Wildman–Crippen MR) is 121 cm³/mol. The van der Waals surface area contributed by atoms with Crippen molar-refractivity contribution in [3.05, 3.63) is 63.7 Å². The molecule has 1 heterocycles. The van der Waals surface area contributed by atoms with Crippen LogP contribution in [0.1, 0.15) is 17.5 Å². The number of piperazine rings is 1. The van der Waals surface area contributed by atoms with E-state index in [1.165, 1.54) is 19.2 Å². The summed E-state index contributed by atoms with van der Waals surface area (Å²) in [4.78, 5) is 39.6. The number of methoxy groups -OCH3 is 1. The van der Waals surface area contributed by atoms with Crippen LogP contribution in [0.4, 0.5) is 11.4 Å². The van der Waals surface area contributed by atoms with E-state index in [1.54, 1.807) is 6.07 Å². The Bertz CT molecular complexity index is 986. The highest BCUT2D eigenvalue weighted by atomic mass is 16.6. The van der Waals surface area contributed by atoms with E-state index in [1.807, 2.05) is 36.1 Å². The molecule has 1 N–H and O–H groups in total. The number of nitro groups is 1. The average Bonchev–Trinajstić information content (AvgIpc) is 2.79. The number of nitrogens with zero attached hydrogens (tertiary/aromatic N) is 3. The van der Waals surface area contributed by atoms with E-state index in [2.05, 4.69) is 10.2 Å². The summed E-state index contributed by atoms with van der Waals surface area (Å²) in [5.74, 6) is 0.171. The molecule has 1 saturated heterocycles. The third kappa shape index (κ3) is 6.04. The maximum Gasteiger partial charge on any atom is 0.296 e.